The topological polar surface area (TPSA) is 69.9 Å². The molecule has 35 heavy (non-hydrogen) atoms. The number of rotatable bonds is 6. The van der Waals surface area contributed by atoms with Crippen molar-refractivity contribution >= 4 is 0 Å². The Morgan fingerprint density at radius 1 is 0.829 bits per heavy atom. The van der Waals surface area contributed by atoms with Crippen LogP contribution >= 0.6 is 0 Å². The first-order valence-electron chi connectivity index (χ1n) is 14.6. The van der Waals surface area contributed by atoms with Gasteiger partial charge in [0.2, 0.25) is 0 Å². The quantitative estimate of drug-likeness (QED) is 0.404. The smallest absolute Gasteiger partial charge is 0.0651 e. The van der Waals surface area contributed by atoms with E-state index in [2.05, 4.69) is 48.5 Å². The maximum atomic E-state index is 11.8. The molecule has 0 heterocycles. The zero-order chi connectivity index (χ0) is 26.2. The van der Waals surface area contributed by atoms with Gasteiger partial charge in [-0.3, -0.25) is 0 Å². The first kappa shape index (κ1) is 27.9. The molecule has 0 amide bonds. The molecule has 4 heteroatoms. The van der Waals surface area contributed by atoms with E-state index in [9.17, 15) is 15.3 Å². The minimum absolute atomic E-state index is 0.0317. The Morgan fingerprint density at radius 2 is 1.46 bits per heavy atom. The van der Waals surface area contributed by atoms with Crippen molar-refractivity contribution in [1.29, 1.82) is 0 Å². The number of hydrogen-bond acceptors (Lipinski definition) is 4. The van der Waals surface area contributed by atoms with Gasteiger partial charge >= 0.3 is 0 Å². The van der Waals surface area contributed by atoms with Crippen LogP contribution in [0.3, 0.4) is 0 Å². The molecule has 4 nitrogen and oxygen atoms in total. The van der Waals surface area contributed by atoms with Crippen LogP contribution in [-0.4, -0.2) is 45.8 Å². The second-order valence-corrected chi connectivity index (χ2v) is 15.5. The maximum Gasteiger partial charge on any atom is 0.0651 e. The van der Waals surface area contributed by atoms with Crippen LogP contribution in [-0.2, 0) is 4.74 Å². The Hall–Kier alpha value is -0.160. The standard InChI is InChI=1S/C31H56O4/c1-26(2,35-9)14-10-15-31(8,34)20-11-17-30(7)25(20)21(32)19-23-28(5)16-13-24(33)27(3,4)22(28)12-18-29(23,30)6/h20-25,32-34H,10-19H2,1-9H3/t20-,21-,22+,23+,24+,25-,28+,29-,30-,31+/m1/s1. The van der Waals surface area contributed by atoms with Gasteiger partial charge in [0.05, 0.1) is 23.4 Å². The lowest BCUT2D eigenvalue weighted by atomic mass is 9.35. The van der Waals surface area contributed by atoms with Gasteiger partial charge in [0.15, 0.2) is 0 Å². The average Bonchev–Trinajstić information content (AvgIpc) is 3.14. The highest BCUT2D eigenvalue weighted by atomic mass is 16.5. The monoisotopic (exact) mass is 492 g/mol. The predicted octanol–water partition coefficient (Wildman–Crippen LogP) is 6.35. The van der Waals surface area contributed by atoms with Crippen molar-refractivity contribution in [3.8, 4) is 0 Å². The summed E-state index contributed by atoms with van der Waals surface area (Å²) >= 11 is 0. The fourth-order valence-electron chi connectivity index (χ4n) is 10.6. The molecule has 3 N–H and O–H groups in total. The lowest BCUT2D eigenvalue weighted by Gasteiger charge is -2.70. The van der Waals surface area contributed by atoms with Gasteiger partial charge in [-0.1, -0.05) is 34.6 Å². The largest absolute Gasteiger partial charge is 0.393 e. The molecule has 0 bridgehead atoms. The molecule has 0 unspecified atom stereocenters. The third-order valence-electron chi connectivity index (χ3n) is 13.2. The molecule has 4 saturated carbocycles. The Kier molecular flexibility index (Phi) is 6.91. The molecular weight excluding hydrogens is 436 g/mol. The number of ether oxygens (including phenoxy) is 1. The van der Waals surface area contributed by atoms with Gasteiger partial charge < -0.3 is 20.1 Å². The lowest BCUT2D eigenvalue weighted by molar-refractivity contribution is -0.246. The fraction of sp³-hybridized carbons (Fsp3) is 1.00. The highest BCUT2D eigenvalue weighted by molar-refractivity contribution is 5.19. The van der Waals surface area contributed by atoms with Crippen LogP contribution in [0.25, 0.3) is 0 Å². The summed E-state index contributed by atoms with van der Waals surface area (Å²) in [4.78, 5) is 0. The molecule has 0 radical (unpaired) electrons. The molecule has 4 aliphatic rings. The summed E-state index contributed by atoms with van der Waals surface area (Å²) < 4.78 is 5.61. The number of methoxy groups -OCH3 is 1. The Balaban J connectivity index is 1.60. The molecule has 0 aromatic rings. The van der Waals surface area contributed by atoms with E-state index in [-0.39, 0.29) is 51.3 Å². The van der Waals surface area contributed by atoms with Crippen molar-refractivity contribution in [2.45, 2.75) is 143 Å². The third-order valence-corrected chi connectivity index (χ3v) is 13.2. The molecule has 0 aromatic heterocycles. The molecule has 4 fully saturated rings. The summed E-state index contributed by atoms with van der Waals surface area (Å²) in [7, 11) is 1.76. The summed E-state index contributed by atoms with van der Waals surface area (Å²) in [5, 5.41) is 34.5. The van der Waals surface area contributed by atoms with Gasteiger partial charge in [-0.2, -0.15) is 0 Å². The molecular formula is C31H56O4. The van der Waals surface area contributed by atoms with Crippen molar-refractivity contribution in [2.75, 3.05) is 7.11 Å². The molecule has 0 spiro atoms. The number of aliphatic hydroxyl groups is 3. The predicted molar refractivity (Wildman–Crippen MR) is 142 cm³/mol. The van der Waals surface area contributed by atoms with Crippen molar-refractivity contribution in [2.24, 2.45) is 45.3 Å². The fourth-order valence-corrected chi connectivity index (χ4v) is 10.6. The van der Waals surface area contributed by atoms with Crippen LogP contribution in [0.15, 0.2) is 0 Å². The van der Waals surface area contributed by atoms with Gasteiger partial charge in [0, 0.05) is 7.11 Å². The summed E-state index contributed by atoms with van der Waals surface area (Å²) in [5.74, 6) is 1.24. The normalized spacial score (nSPS) is 49.0. The van der Waals surface area contributed by atoms with Gasteiger partial charge in [0.25, 0.3) is 0 Å². The molecule has 204 valence electrons. The second kappa shape index (κ2) is 8.68. The van der Waals surface area contributed by atoms with Gasteiger partial charge in [-0.15, -0.1) is 0 Å². The molecule has 10 atom stereocenters. The third kappa shape index (κ3) is 4.07. The van der Waals surface area contributed by atoms with Gasteiger partial charge in [0.1, 0.15) is 0 Å². The van der Waals surface area contributed by atoms with E-state index in [1.165, 1.54) is 12.8 Å². The van der Waals surface area contributed by atoms with Gasteiger partial charge in [-0.25, -0.2) is 0 Å². The molecule has 4 aliphatic carbocycles. The molecule has 0 aromatic carbocycles. The minimum atomic E-state index is -0.769. The zero-order valence-electron chi connectivity index (χ0n) is 24.3. The Morgan fingerprint density at radius 3 is 2.09 bits per heavy atom. The summed E-state index contributed by atoms with van der Waals surface area (Å²) in [5.41, 5.74) is -0.672. The Bertz CT molecular complexity index is 789. The first-order valence-corrected chi connectivity index (χ1v) is 14.6. The van der Waals surface area contributed by atoms with E-state index >= 15 is 0 Å². The number of fused-ring (bicyclic) bond motifs is 5. The minimum Gasteiger partial charge on any atom is -0.393 e. The highest BCUT2D eigenvalue weighted by Crippen LogP contribution is 2.75. The van der Waals surface area contributed by atoms with Crippen molar-refractivity contribution in [3.05, 3.63) is 0 Å². The van der Waals surface area contributed by atoms with E-state index in [0.29, 0.717) is 11.8 Å². The lowest BCUT2D eigenvalue weighted by Crippen LogP contribution is -2.66. The van der Waals surface area contributed by atoms with Crippen LogP contribution < -0.4 is 0 Å². The van der Waals surface area contributed by atoms with Crippen LogP contribution in [0, 0.1) is 45.3 Å². The SMILES string of the molecule is COC(C)(C)CCC[C@](C)(O)[C@@H]1CC[C@]2(C)[C@H]1[C@H](O)C[C@H]1[C@@]3(C)CC[C@H](O)C(C)(C)[C@@H]3CC[C@]12C. The van der Waals surface area contributed by atoms with E-state index < -0.39 is 5.60 Å². The number of hydrogen-bond donors (Lipinski definition) is 3. The van der Waals surface area contributed by atoms with E-state index in [1.807, 2.05) is 6.92 Å². The van der Waals surface area contributed by atoms with E-state index in [4.69, 9.17) is 4.74 Å². The maximum absolute atomic E-state index is 11.8. The Labute approximate surface area is 215 Å². The second-order valence-electron chi connectivity index (χ2n) is 15.5. The van der Waals surface area contributed by atoms with Crippen LogP contribution in [0.2, 0.25) is 0 Å². The summed E-state index contributed by atoms with van der Waals surface area (Å²) in [6, 6.07) is 0. The van der Waals surface area contributed by atoms with Gasteiger partial charge in [-0.05, 0) is 130 Å². The molecule has 4 rings (SSSR count). The average molecular weight is 493 g/mol. The van der Waals surface area contributed by atoms with E-state index in [1.54, 1.807) is 7.11 Å². The molecule has 0 aliphatic heterocycles. The number of aliphatic hydroxyl groups excluding tert-OH is 2. The summed E-state index contributed by atoms with van der Waals surface area (Å²) in [6.45, 7) is 18.3. The van der Waals surface area contributed by atoms with E-state index in [0.717, 1.165) is 51.4 Å². The van der Waals surface area contributed by atoms with Crippen molar-refractivity contribution in [3.63, 3.8) is 0 Å². The van der Waals surface area contributed by atoms with Crippen molar-refractivity contribution in [1.82, 2.24) is 0 Å². The highest BCUT2D eigenvalue weighted by Gasteiger charge is 2.71. The first-order chi connectivity index (χ1) is 16.0. The zero-order valence-corrected chi connectivity index (χ0v) is 24.3. The van der Waals surface area contributed by atoms with Crippen LogP contribution in [0.1, 0.15) is 120 Å². The van der Waals surface area contributed by atoms with Crippen molar-refractivity contribution < 1.29 is 20.1 Å². The summed E-state index contributed by atoms with van der Waals surface area (Å²) in [6.07, 6.45) is 9.25. The van der Waals surface area contributed by atoms with Crippen LogP contribution in [0.4, 0.5) is 0 Å². The molecule has 0 saturated heterocycles. The van der Waals surface area contributed by atoms with Crippen LogP contribution in [0.5, 0.6) is 0 Å².